The summed E-state index contributed by atoms with van der Waals surface area (Å²) in [5.41, 5.74) is -0.308. The first-order valence-corrected chi connectivity index (χ1v) is 7.14. The molecular formula is C13H28NOS. The van der Waals surface area contributed by atoms with E-state index in [2.05, 4.69) is 34.6 Å². The van der Waals surface area contributed by atoms with Gasteiger partial charge in [-0.3, -0.25) is 0 Å². The molecule has 0 aliphatic carbocycles. The van der Waals surface area contributed by atoms with Gasteiger partial charge in [-0.1, -0.05) is 34.6 Å². The van der Waals surface area contributed by atoms with Crippen LogP contribution in [0.25, 0.3) is 0 Å². The third-order valence-electron chi connectivity index (χ3n) is 2.68. The van der Waals surface area contributed by atoms with E-state index in [0.29, 0.717) is 5.25 Å². The molecule has 0 heterocycles. The van der Waals surface area contributed by atoms with E-state index in [-0.39, 0.29) is 17.0 Å². The van der Waals surface area contributed by atoms with E-state index in [4.69, 9.17) is 0 Å². The van der Waals surface area contributed by atoms with Crippen LogP contribution in [0.4, 0.5) is 0 Å². The van der Waals surface area contributed by atoms with Gasteiger partial charge in [-0.25, -0.2) is 0 Å². The van der Waals surface area contributed by atoms with Crippen molar-refractivity contribution in [3.05, 3.63) is 0 Å². The fraction of sp³-hybridized carbons (Fsp3) is 1.00. The van der Waals surface area contributed by atoms with Gasteiger partial charge < -0.3 is 0 Å². The number of hydrogen-bond donors (Lipinski definition) is 0. The van der Waals surface area contributed by atoms with E-state index in [1.807, 2.05) is 32.5 Å². The number of hydroxylamine groups is 2. The molecule has 0 aliphatic heterocycles. The van der Waals surface area contributed by atoms with Gasteiger partial charge in [-0.05, 0) is 31.9 Å². The molecule has 0 saturated carbocycles. The normalized spacial score (nSPS) is 17.6. The van der Waals surface area contributed by atoms with Gasteiger partial charge in [0.1, 0.15) is 0 Å². The minimum absolute atomic E-state index is 0.0105. The molecule has 0 rings (SSSR count). The van der Waals surface area contributed by atoms with Crippen LogP contribution in [-0.2, 0) is 5.21 Å². The third kappa shape index (κ3) is 4.64. The molecule has 2 atom stereocenters. The number of hydrogen-bond acceptors (Lipinski definition) is 2. The molecule has 2 unspecified atom stereocenters. The molecule has 2 nitrogen and oxygen atoms in total. The predicted molar refractivity (Wildman–Crippen MR) is 73.1 cm³/mol. The van der Waals surface area contributed by atoms with Crippen molar-refractivity contribution in [1.29, 1.82) is 0 Å². The summed E-state index contributed by atoms with van der Waals surface area (Å²) in [5, 5.41) is 14.1. The van der Waals surface area contributed by atoms with Crippen LogP contribution in [0, 0.1) is 5.41 Å². The molecule has 0 aliphatic rings. The fourth-order valence-corrected chi connectivity index (χ4v) is 3.24. The minimum atomic E-state index is -0.319. The van der Waals surface area contributed by atoms with Crippen LogP contribution in [0.1, 0.15) is 55.4 Å². The SMILES string of the molecule is CCSC(C)C(N([O])C(C)(C)C)C(C)(C)C. The molecule has 0 fully saturated rings. The zero-order valence-electron chi connectivity index (χ0n) is 12.1. The van der Waals surface area contributed by atoms with E-state index in [9.17, 15) is 5.21 Å². The van der Waals surface area contributed by atoms with E-state index in [1.54, 1.807) is 0 Å². The van der Waals surface area contributed by atoms with Crippen LogP contribution < -0.4 is 0 Å². The van der Waals surface area contributed by atoms with E-state index in [1.165, 1.54) is 5.06 Å². The van der Waals surface area contributed by atoms with Gasteiger partial charge >= 0.3 is 0 Å². The molecule has 0 spiro atoms. The highest BCUT2D eigenvalue weighted by Gasteiger charge is 2.40. The average molecular weight is 246 g/mol. The first-order valence-electron chi connectivity index (χ1n) is 6.10. The first-order chi connectivity index (χ1) is 7.01. The van der Waals surface area contributed by atoms with Crippen LogP contribution in [0.3, 0.4) is 0 Å². The Kier molecular flexibility index (Phi) is 5.84. The maximum absolute atomic E-state index is 12.4. The highest BCUT2D eigenvalue weighted by molar-refractivity contribution is 7.99. The summed E-state index contributed by atoms with van der Waals surface area (Å²) in [4.78, 5) is 0. The zero-order chi connectivity index (χ0) is 13.1. The van der Waals surface area contributed by atoms with Gasteiger partial charge in [-0.2, -0.15) is 11.8 Å². The lowest BCUT2D eigenvalue weighted by Crippen LogP contribution is -2.54. The largest absolute Gasteiger partial charge is 0.157 e. The molecular weight excluding hydrogens is 218 g/mol. The summed E-state index contributed by atoms with van der Waals surface area (Å²) in [6.07, 6.45) is 0. The van der Waals surface area contributed by atoms with Gasteiger partial charge in [0.15, 0.2) is 0 Å². The van der Waals surface area contributed by atoms with Crippen LogP contribution in [-0.4, -0.2) is 27.6 Å². The molecule has 0 saturated heterocycles. The second kappa shape index (κ2) is 5.74. The van der Waals surface area contributed by atoms with E-state index < -0.39 is 0 Å². The molecule has 1 radical (unpaired) electrons. The number of nitrogens with zero attached hydrogens (tertiary/aromatic N) is 1. The summed E-state index contributed by atoms with van der Waals surface area (Å²) in [6.45, 7) is 16.7. The van der Waals surface area contributed by atoms with Gasteiger partial charge in [0, 0.05) is 10.8 Å². The van der Waals surface area contributed by atoms with E-state index >= 15 is 0 Å². The second-order valence-electron chi connectivity index (χ2n) is 6.47. The molecule has 97 valence electrons. The van der Waals surface area contributed by atoms with Gasteiger partial charge in [0.2, 0.25) is 0 Å². The van der Waals surface area contributed by atoms with Gasteiger partial charge in [0.05, 0.1) is 6.04 Å². The monoisotopic (exact) mass is 246 g/mol. The molecule has 0 bridgehead atoms. The smallest absolute Gasteiger partial charge is 0.0553 e. The summed E-state index contributed by atoms with van der Waals surface area (Å²) in [6, 6.07) is 0.0532. The molecule has 0 aromatic rings. The molecule has 0 amide bonds. The van der Waals surface area contributed by atoms with Crippen LogP contribution in [0.5, 0.6) is 0 Å². The lowest BCUT2D eigenvalue weighted by molar-refractivity contribution is -0.256. The highest BCUT2D eigenvalue weighted by Crippen LogP contribution is 2.35. The highest BCUT2D eigenvalue weighted by atomic mass is 32.2. The van der Waals surface area contributed by atoms with Crippen LogP contribution in [0.15, 0.2) is 0 Å². The third-order valence-corrected chi connectivity index (χ3v) is 3.79. The molecule has 0 N–H and O–H groups in total. The van der Waals surface area contributed by atoms with Crippen LogP contribution in [0.2, 0.25) is 0 Å². The molecule has 0 aromatic heterocycles. The molecule has 3 heteroatoms. The Balaban J connectivity index is 4.96. The minimum Gasteiger partial charge on any atom is -0.157 e. The van der Waals surface area contributed by atoms with Crippen LogP contribution >= 0.6 is 11.8 Å². The zero-order valence-corrected chi connectivity index (χ0v) is 12.9. The topological polar surface area (TPSA) is 23.1 Å². The van der Waals surface area contributed by atoms with Gasteiger partial charge in [-0.15, -0.1) is 10.3 Å². The Morgan fingerprint density at radius 1 is 1.12 bits per heavy atom. The Labute approximate surface area is 106 Å². The molecule has 0 aromatic carbocycles. The Hall–Kier alpha value is 0.270. The van der Waals surface area contributed by atoms with Crippen molar-refractivity contribution in [3.63, 3.8) is 0 Å². The standard InChI is InChI=1S/C13H28NOS/c1-9-16-10(2)11(12(3,4)5)14(15)13(6,7)8/h10-11H,9H2,1-8H3. The Bertz CT molecular complexity index is 205. The average Bonchev–Trinajstić information content (AvgIpc) is 1.99. The van der Waals surface area contributed by atoms with Crippen molar-refractivity contribution >= 4 is 11.8 Å². The van der Waals surface area contributed by atoms with Crippen molar-refractivity contribution in [2.75, 3.05) is 5.75 Å². The maximum Gasteiger partial charge on any atom is 0.0553 e. The fourth-order valence-electron chi connectivity index (χ4n) is 2.02. The lowest BCUT2D eigenvalue weighted by atomic mass is 9.83. The van der Waals surface area contributed by atoms with Crippen molar-refractivity contribution in [2.45, 2.75) is 72.2 Å². The number of rotatable bonds is 4. The summed E-state index contributed by atoms with van der Waals surface area (Å²) < 4.78 is 0. The maximum atomic E-state index is 12.4. The first kappa shape index (κ1) is 16.3. The number of thioether (sulfide) groups is 1. The Morgan fingerprint density at radius 2 is 1.56 bits per heavy atom. The Morgan fingerprint density at radius 3 is 1.81 bits per heavy atom. The van der Waals surface area contributed by atoms with Crippen molar-refractivity contribution < 1.29 is 5.21 Å². The van der Waals surface area contributed by atoms with E-state index in [0.717, 1.165) is 5.75 Å². The summed E-state index contributed by atoms with van der Waals surface area (Å²) in [5.74, 6) is 1.06. The second-order valence-corrected chi connectivity index (χ2v) is 8.12. The lowest BCUT2D eigenvalue weighted by Gasteiger charge is -2.44. The predicted octanol–water partition coefficient (Wildman–Crippen LogP) is 3.99. The van der Waals surface area contributed by atoms with Gasteiger partial charge in [0.25, 0.3) is 0 Å². The van der Waals surface area contributed by atoms with Crippen molar-refractivity contribution in [2.24, 2.45) is 5.41 Å². The summed E-state index contributed by atoms with van der Waals surface area (Å²) >= 11 is 1.87. The summed E-state index contributed by atoms with van der Waals surface area (Å²) in [7, 11) is 0. The van der Waals surface area contributed by atoms with Crippen molar-refractivity contribution in [3.8, 4) is 0 Å². The van der Waals surface area contributed by atoms with Crippen molar-refractivity contribution in [1.82, 2.24) is 5.06 Å². The quantitative estimate of drug-likeness (QED) is 0.700. The molecule has 16 heavy (non-hydrogen) atoms.